The van der Waals surface area contributed by atoms with Gasteiger partial charge < -0.3 is 9.32 Å². The highest BCUT2D eigenvalue weighted by molar-refractivity contribution is 6.17. The molecule has 9 aromatic rings. The van der Waals surface area contributed by atoms with Gasteiger partial charge in [-0.1, -0.05) is 151 Å². The van der Waals surface area contributed by atoms with Gasteiger partial charge in [-0.05, 0) is 64.0 Å². The van der Waals surface area contributed by atoms with Gasteiger partial charge in [-0.25, -0.2) is 0 Å². The second-order valence-electron chi connectivity index (χ2n) is 11.4. The van der Waals surface area contributed by atoms with Crippen LogP contribution in [0, 0.1) is 0 Å². The van der Waals surface area contributed by atoms with Crippen molar-refractivity contribution in [1.82, 2.24) is 0 Å². The second-order valence-corrected chi connectivity index (χ2v) is 11.4. The first-order valence-corrected chi connectivity index (χ1v) is 15.6. The van der Waals surface area contributed by atoms with E-state index in [-0.39, 0.29) is 50.4 Å². The van der Waals surface area contributed by atoms with Crippen LogP contribution in [0.5, 0.6) is 0 Å². The number of benzene rings is 8. The first-order valence-electron chi connectivity index (χ1n) is 20.1. The van der Waals surface area contributed by atoms with E-state index in [1.165, 1.54) is 0 Å². The molecular formula is C46H31NO. The molecule has 8 aromatic carbocycles. The van der Waals surface area contributed by atoms with Crippen LogP contribution in [0.15, 0.2) is 192 Å². The molecule has 0 atom stereocenters. The summed E-state index contributed by atoms with van der Waals surface area (Å²) in [6.07, 6.45) is 0. The van der Waals surface area contributed by atoms with E-state index in [1.807, 2.05) is 133 Å². The second kappa shape index (κ2) is 11.8. The number of furan rings is 1. The van der Waals surface area contributed by atoms with E-state index in [2.05, 4.69) is 4.90 Å². The highest BCUT2D eigenvalue weighted by Gasteiger charge is 2.21. The highest BCUT2D eigenvalue weighted by Crippen LogP contribution is 2.45. The van der Waals surface area contributed by atoms with Crippen molar-refractivity contribution in [1.29, 1.82) is 0 Å². The fraction of sp³-hybridized carbons (Fsp3) is 0. The molecule has 0 N–H and O–H groups in total. The predicted molar refractivity (Wildman–Crippen MR) is 202 cm³/mol. The Bertz CT molecular complexity index is 2960. The van der Waals surface area contributed by atoms with Crippen molar-refractivity contribution < 1.29 is 16.8 Å². The minimum Gasteiger partial charge on any atom is -0.455 e. The fourth-order valence-corrected chi connectivity index (χ4v) is 6.30. The molecule has 0 bridgehead atoms. The molecule has 48 heavy (non-hydrogen) atoms. The minimum atomic E-state index is -0.540. The summed E-state index contributed by atoms with van der Waals surface area (Å²) < 4.78 is 85.9. The number of nitrogens with zero attached hydrogens (tertiary/aromatic N) is 1. The highest BCUT2D eigenvalue weighted by atomic mass is 16.3. The largest absolute Gasteiger partial charge is 0.455 e. The number of hydrogen-bond donors (Lipinski definition) is 0. The zero-order valence-corrected chi connectivity index (χ0v) is 25.6. The maximum Gasteiger partial charge on any atom is 0.143 e. The number of fused-ring (bicyclic) bond motifs is 5. The van der Waals surface area contributed by atoms with Crippen molar-refractivity contribution in [2.75, 3.05) is 4.90 Å². The zero-order chi connectivity index (χ0) is 39.7. The van der Waals surface area contributed by atoms with Gasteiger partial charge in [0.25, 0.3) is 0 Å². The minimum absolute atomic E-state index is 0.00932. The van der Waals surface area contributed by atoms with Gasteiger partial charge >= 0.3 is 0 Å². The first kappa shape index (κ1) is 20.0. The SMILES string of the molecule is [2H]c1c([2H])c([2H])c2c(oc3c4c([2H])c([2H])c([2H])c([2H])c4c([2H])c([2H])c32)c1-c1ccccc1N(c1ccc(-c2ccccc2)cc1)c1ccc(-c2ccccc2)cc1. The van der Waals surface area contributed by atoms with E-state index in [9.17, 15) is 1.37 Å². The maximum atomic E-state index is 9.33. The third-order valence-electron chi connectivity index (χ3n) is 8.62. The van der Waals surface area contributed by atoms with E-state index in [1.54, 1.807) is 0 Å². The van der Waals surface area contributed by atoms with E-state index in [4.69, 9.17) is 15.4 Å². The van der Waals surface area contributed by atoms with Crippen LogP contribution in [0.2, 0.25) is 0 Å². The molecule has 9 rings (SSSR count). The van der Waals surface area contributed by atoms with Crippen LogP contribution in [0.4, 0.5) is 17.1 Å². The summed E-state index contributed by atoms with van der Waals surface area (Å²) in [5, 5.41) is -0.264. The van der Waals surface area contributed by atoms with Crippen LogP contribution in [-0.2, 0) is 0 Å². The average molecular weight is 623 g/mol. The van der Waals surface area contributed by atoms with Crippen molar-refractivity contribution in [3.63, 3.8) is 0 Å². The summed E-state index contributed by atoms with van der Waals surface area (Å²) in [6, 6.07) is 39.9. The van der Waals surface area contributed by atoms with Crippen molar-refractivity contribution in [3.05, 3.63) is 188 Å². The van der Waals surface area contributed by atoms with Crippen LogP contribution in [0.1, 0.15) is 12.3 Å². The third kappa shape index (κ3) is 4.83. The van der Waals surface area contributed by atoms with Crippen molar-refractivity contribution >= 4 is 49.8 Å². The number of rotatable bonds is 6. The molecule has 0 aliphatic heterocycles. The average Bonchev–Trinajstić information content (AvgIpc) is 3.64. The Balaban J connectivity index is 1.33. The summed E-state index contributed by atoms with van der Waals surface area (Å²) in [4.78, 5) is 2.05. The Hall–Kier alpha value is -6.38. The molecule has 0 aliphatic carbocycles. The molecule has 0 saturated heterocycles. The standard InChI is InChI=1S/C46H31NO/c1-3-12-32(13-4-1)34-22-27-37(28-23-34)47(38-29-24-35(25-30-38)33-14-5-2-6-15-33)44-21-10-9-18-40(44)41-19-11-20-42-43-31-26-36-16-7-8-17-39(36)45(43)48-46(41)42/h1-31H/i7D,8D,11D,16D,17D,19D,20D,26D,31D. The molecule has 226 valence electrons. The van der Waals surface area contributed by atoms with Crippen LogP contribution < -0.4 is 4.90 Å². The molecule has 0 saturated carbocycles. The van der Waals surface area contributed by atoms with E-state index in [0.29, 0.717) is 11.3 Å². The maximum absolute atomic E-state index is 9.33. The van der Waals surface area contributed by atoms with Crippen LogP contribution in [0.25, 0.3) is 66.1 Å². The Labute approximate surface area is 292 Å². The Morgan fingerprint density at radius 2 is 0.938 bits per heavy atom. The Morgan fingerprint density at radius 1 is 0.396 bits per heavy atom. The Kier molecular flexibility index (Phi) is 4.90. The molecule has 2 heteroatoms. The molecular weight excluding hydrogens is 583 g/mol. The summed E-state index contributed by atoms with van der Waals surface area (Å²) in [6.45, 7) is 0. The van der Waals surface area contributed by atoms with Gasteiger partial charge in [0.2, 0.25) is 0 Å². The topological polar surface area (TPSA) is 16.4 Å². The van der Waals surface area contributed by atoms with Gasteiger partial charge in [-0.3, -0.25) is 0 Å². The van der Waals surface area contributed by atoms with E-state index < -0.39 is 42.3 Å². The first-order chi connectivity index (χ1) is 27.6. The monoisotopic (exact) mass is 622 g/mol. The summed E-state index contributed by atoms with van der Waals surface area (Å²) in [7, 11) is 0. The van der Waals surface area contributed by atoms with E-state index >= 15 is 0 Å². The van der Waals surface area contributed by atoms with Crippen LogP contribution in [0.3, 0.4) is 0 Å². The molecule has 0 radical (unpaired) electrons. The zero-order valence-electron chi connectivity index (χ0n) is 34.6. The van der Waals surface area contributed by atoms with Crippen molar-refractivity contribution in [2.45, 2.75) is 0 Å². The molecule has 0 unspecified atom stereocenters. The summed E-state index contributed by atoms with van der Waals surface area (Å²) in [5.41, 5.74) is 6.99. The van der Waals surface area contributed by atoms with Crippen LogP contribution in [-0.4, -0.2) is 0 Å². The number of hydrogen-bond acceptors (Lipinski definition) is 2. The lowest BCUT2D eigenvalue weighted by Gasteiger charge is -2.28. The van der Waals surface area contributed by atoms with Crippen LogP contribution >= 0.6 is 0 Å². The summed E-state index contributed by atoms with van der Waals surface area (Å²) in [5.74, 6) is 0. The van der Waals surface area contributed by atoms with Crippen molar-refractivity contribution in [3.8, 4) is 33.4 Å². The van der Waals surface area contributed by atoms with E-state index in [0.717, 1.165) is 33.6 Å². The molecule has 0 aliphatic rings. The fourth-order valence-electron chi connectivity index (χ4n) is 6.30. The number of anilines is 3. The van der Waals surface area contributed by atoms with Gasteiger partial charge in [0.15, 0.2) is 0 Å². The summed E-state index contributed by atoms with van der Waals surface area (Å²) >= 11 is 0. The smallest absolute Gasteiger partial charge is 0.143 e. The molecule has 0 amide bonds. The van der Waals surface area contributed by atoms with Gasteiger partial charge in [-0.15, -0.1) is 0 Å². The quantitative estimate of drug-likeness (QED) is 0.183. The number of para-hydroxylation sites is 2. The normalized spacial score (nSPS) is 14.0. The van der Waals surface area contributed by atoms with Gasteiger partial charge in [0, 0.05) is 38.7 Å². The van der Waals surface area contributed by atoms with Gasteiger partial charge in [0.1, 0.15) is 11.2 Å². The molecule has 1 aromatic heterocycles. The lowest BCUT2D eigenvalue weighted by molar-refractivity contribution is 0.674. The molecule has 2 nitrogen and oxygen atoms in total. The van der Waals surface area contributed by atoms with Gasteiger partial charge in [-0.2, -0.15) is 0 Å². The predicted octanol–water partition coefficient (Wildman–Crippen LogP) is 13.2. The Morgan fingerprint density at radius 3 is 1.60 bits per heavy atom. The lowest BCUT2D eigenvalue weighted by Crippen LogP contribution is -2.11. The van der Waals surface area contributed by atoms with Gasteiger partial charge in [0.05, 0.1) is 18.0 Å². The molecule has 0 spiro atoms. The van der Waals surface area contributed by atoms with Crippen molar-refractivity contribution in [2.24, 2.45) is 0 Å². The molecule has 0 fully saturated rings. The third-order valence-corrected chi connectivity index (χ3v) is 8.62. The lowest BCUT2D eigenvalue weighted by atomic mass is 9.98. The molecule has 1 heterocycles.